The van der Waals surface area contributed by atoms with Crippen molar-refractivity contribution in [2.45, 2.75) is 44.4 Å². The first kappa shape index (κ1) is 12.9. The van der Waals surface area contributed by atoms with Crippen LogP contribution in [0.1, 0.15) is 26.7 Å². The van der Waals surface area contributed by atoms with Crippen molar-refractivity contribution < 1.29 is 14.6 Å². The molecule has 0 saturated heterocycles. The summed E-state index contributed by atoms with van der Waals surface area (Å²) in [7, 11) is 1.64. The van der Waals surface area contributed by atoms with Crippen molar-refractivity contribution in [2.75, 3.05) is 26.9 Å². The van der Waals surface area contributed by atoms with Crippen molar-refractivity contribution >= 4 is 0 Å². The van der Waals surface area contributed by atoms with Crippen molar-refractivity contribution in [1.29, 1.82) is 0 Å². The average Bonchev–Trinajstić information content (AvgIpc) is 2.92. The van der Waals surface area contributed by atoms with Gasteiger partial charge in [-0.2, -0.15) is 0 Å². The van der Waals surface area contributed by atoms with E-state index in [0.29, 0.717) is 19.8 Å². The lowest BCUT2D eigenvalue weighted by Crippen LogP contribution is -2.38. The molecule has 2 N–H and O–H groups in total. The van der Waals surface area contributed by atoms with Crippen LogP contribution in [0.4, 0.5) is 0 Å². The first-order valence-corrected chi connectivity index (χ1v) is 5.59. The van der Waals surface area contributed by atoms with Crippen LogP contribution in [-0.4, -0.2) is 49.7 Å². The lowest BCUT2D eigenvalue weighted by Gasteiger charge is -2.18. The number of rotatable bonds is 8. The molecular formula is C11H23NO3. The van der Waals surface area contributed by atoms with E-state index in [2.05, 4.69) is 12.2 Å². The van der Waals surface area contributed by atoms with Gasteiger partial charge in [0.2, 0.25) is 0 Å². The van der Waals surface area contributed by atoms with Crippen molar-refractivity contribution in [1.82, 2.24) is 5.32 Å². The Morgan fingerprint density at radius 2 is 2.07 bits per heavy atom. The molecule has 4 nitrogen and oxygen atoms in total. The van der Waals surface area contributed by atoms with Crippen LogP contribution in [0, 0.1) is 0 Å². The van der Waals surface area contributed by atoms with Crippen molar-refractivity contribution in [2.24, 2.45) is 0 Å². The standard InChI is InChI=1S/C11H23NO3/c1-9(7-14-3)15-8-10(13)6-12-11(2)4-5-11/h9-10,12-13H,4-8H2,1-3H3. The largest absolute Gasteiger partial charge is 0.389 e. The molecule has 2 atom stereocenters. The van der Waals surface area contributed by atoms with Crippen LogP contribution in [0.2, 0.25) is 0 Å². The Balaban J connectivity index is 2.00. The summed E-state index contributed by atoms with van der Waals surface area (Å²) < 4.78 is 10.4. The highest BCUT2D eigenvalue weighted by Gasteiger charge is 2.36. The van der Waals surface area contributed by atoms with Gasteiger partial charge < -0.3 is 19.9 Å². The molecule has 0 amide bonds. The van der Waals surface area contributed by atoms with E-state index in [-0.39, 0.29) is 11.6 Å². The summed E-state index contributed by atoms with van der Waals surface area (Å²) in [6.07, 6.45) is 2.03. The number of ether oxygens (including phenoxy) is 2. The van der Waals surface area contributed by atoms with Crippen molar-refractivity contribution in [3.8, 4) is 0 Å². The van der Waals surface area contributed by atoms with Crippen LogP contribution >= 0.6 is 0 Å². The first-order valence-electron chi connectivity index (χ1n) is 5.59. The van der Waals surface area contributed by atoms with Gasteiger partial charge in [-0.15, -0.1) is 0 Å². The fraction of sp³-hybridized carbons (Fsp3) is 1.00. The van der Waals surface area contributed by atoms with Gasteiger partial charge in [0, 0.05) is 19.2 Å². The Bertz CT molecular complexity index is 183. The second-order valence-electron chi connectivity index (χ2n) is 4.69. The molecule has 4 heteroatoms. The first-order chi connectivity index (χ1) is 7.06. The van der Waals surface area contributed by atoms with E-state index in [1.165, 1.54) is 12.8 Å². The molecule has 0 heterocycles. The van der Waals surface area contributed by atoms with E-state index in [1.54, 1.807) is 7.11 Å². The molecule has 15 heavy (non-hydrogen) atoms. The van der Waals surface area contributed by atoms with E-state index >= 15 is 0 Å². The smallest absolute Gasteiger partial charge is 0.0898 e. The molecule has 0 spiro atoms. The number of aliphatic hydroxyl groups is 1. The quantitative estimate of drug-likeness (QED) is 0.623. The zero-order chi connectivity index (χ0) is 11.3. The monoisotopic (exact) mass is 217 g/mol. The minimum absolute atomic E-state index is 0.0427. The zero-order valence-corrected chi connectivity index (χ0v) is 9.95. The van der Waals surface area contributed by atoms with Crippen LogP contribution in [0.3, 0.4) is 0 Å². The fourth-order valence-corrected chi connectivity index (χ4v) is 1.35. The number of nitrogens with one attached hydrogen (secondary N) is 1. The Kier molecular flexibility index (Phi) is 4.99. The highest BCUT2D eigenvalue weighted by molar-refractivity contribution is 4.97. The molecule has 90 valence electrons. The number of β-amino-alcohol motifs (C(OH)–C–C–N with tert-alkyl or cyclic N) is 1. The van der Waals surface area contributed by atoms with E-state index in [0.717, 1.165) is 0 Å². The van der Waals surface area contributed by atoms with Crippen LogP contribution in [0.5, 0.6) is 0 Å². The summed E-state index contributed by atoms with van der Waals surface area (Å²) in [5.74, 6) is 0. The molecule has 0 aliphatic heterocycles. The Morgan fingerprint density at radius 1 is 1.40 bits per heavy atom. The molecule has 0 bridgehead atoms. The van der Waals surface area contributed by atoms with Gasteiger partial charge in [-0.1, -0.05) is 0 Å². The van der Waals surface area contributed by atoms with Gasteiger partial charge >= 0.3 is 0 Å². The summed E-state index contributed by atoms with van der Waals surface area (Å²) in [4.78, 5) is 0. The van der Waals surface area contributed by atoms with Crippen molar-refractivity contribution in [3.63, 3.8) is 0 Å². The maximum atomic E-state index is 9.63. The number of hydrogen-bond acceptors (Lipinski definition) is 4. The van der Waals surface area contributed by atoms with E-state index < -0.39 is 6.10 Å². The highest BCUT2D eigenvalue weighted by Crippen LogP contribution is 2.33. The van der Waals surface area contributed by atoms with Gasteiger partial charge in [-0.25, -0.2) is 0 Å². The molecule has 1 rings (SSSR count). The molecule has 1 saturated carbocycles. The fourth-order valence-electron chi connectivity index (χ4n) is 1.35. The van der Waals surface area contributed by atoms with Gasteiger partial charge in [0.25, 0.3) is 0 Å². The number of hydrogen-bond donors (Lipinski definition) is 2. The average molecular weight is 217 g/mol. The summed E-state index contributed by atoms with van der Waals surface area (Å²) in [6, 6.07) is 0. The van der Waals surface area contributed by atoms with E-state index in [1.807, 2.05) is 6.92 Å². The van der Waals surface area contributed by atoms with Crippen molar-refractivity contribution in [3.05, 3.63) is 0 Å². The van der Waals surface area contributed by atoms with Gasteiger partial charge in [0.1, 0.15) is 0 Å². The lowest BCUT2D eigenvalue weighted by molar-refractivity contribution is -0.0316. The van der Waals surface area contributed by atoms with Gasteiger partial charge in [0.15, 0.2) is 0 Å². The second kappa shape index (κ2) is 5.80. The summed E-state index contributed by atoms with van der Waals surface area (Å²) in [6.45, 7) is 5.65. The molecule has 1 aliphatic rings. The highest BCUT2D eigenvalue weighted by atomic mass is 16.5. The zero-order valence-electron chi connectivity index (χ0n) is 9.95. The molecule has 0 aromatic carbocycles. The van der Waals surface area contributed by atoms with Crippen LogP contribution in [-0.2, 0) is 9.47 Å². The third-order valence-corrected chi connectivity index (χ3v) is 2.74. The minimum atomic E-state index is -0.429. The molecule has 1 fully saturated rings. The topological polar surface area (TPSA) is 50.7 Å². The Morgan fingerprint density at radius 3 is 2.60 bits per heavy atom. The van der Waals surface area contributed by atoms with Gasteiger partial charge in [0.05, 0.1) is 25.4 Å². The molecule has 1 aliphatic carbocycles. The van der Waals surface area contributed by atoms with Crippen LogP contribution < -0.4 is 5.32 Å². The van der Waals surface area contributed by atoms with E-state index in [9.17, 15) is 5.11 Å². The third kappa shape index (κ3) is 5.47. The summed E-state index contributed by atoms with van der Waals surface area (Å²) in [5.41, 5.74) is 0.277. The number of aliphatic hydroxyl groups excluding tert-OH is 1. The van der Waals surface area contributed by atoms with Crippen LogP contribution in [0.25, 0.3) is 0 Å². The molecule has 0 aromatic rings. The Labute approximate surface area is 92.0 Å². The lowest BCUT2D eigenvalue weighted by atomic mass is 10.3. The maximum absolute atomic E-state index is 9.63. The summed E-state index contributed by atoms with van der Waals surface area (Å²) >= 11 is 0. The maximum Gasteiger partial charge on any atom is 0.0898 e. The number of methoxy groups -OCH3 is 1. The molecule has 0 aromatic heterocycles. The molecule has 0 radical (unpaired) electrons. The van der Waals surface area contributed by atoms with Gasteiger partial charge in [-0.05, 0) is 26.7 Å². The van der Waals surface area contributed by atoms with Crippen LogP contribution in [0.15, 0.2) is 0 Å². The molecule has 2 unspecified atom stereocenters. The van der Waals surface area contributed by atoms with E-state index in [4.69, 9.17) is 9.47 Å². The minimum Gasteiger partial charge on any atom is -0.389 e. The normalized spacial score (nSPS) is 22.4. The molecular weight excluding hydrogens is 194 g/mol. The Hall–Kier alpha value is -0.160. The van der Waals surface area contributed by atoms with Gasteiger partial charge in [-0.3, -0.25) is 0 Å². The predicted octanol–water partition coefficient (Wildman–Crippen LogP) is 0.541. The predicted molar refractivity (Wildman–Crippen MR) is 58.9 cm³/mol. The SMILES string of the molecule is COCC(C)OCC(O)CNC1(C)CC1. The third-order valence-electron chi connectivity index (χ3n) is 2.74. The second-order valence-corrected chi connectivity index (χ2v) is 4.69. The summed E-state index contributed by atoms with van der Waals surface area (Å²) in [5, 5.41) is 13.0.